The first-order chi connectivity index (χ1) is 7.31. The predicted molar refractivity (Wildman–Crippen MR) is 64.2 cm³/mol. The van der Waals surface area contributed by atoms with Crippen LogP contribution in [-0.4, -0.2) is 50.8 Å². The number of hydrogen-bond donors (Lipinski definition) is 1. The molecule has 1 aliphatic heterocycles. The van der Waals surface area contributed by atoms with Crippen molar-refractivity contribution in [3.63, 3.8) is 0 Å². The molecule has 0 aromatic rings. The second-order valence-corrected chi connectivity index (χ2v) is 4.33. The van der Waals surface area contributed by atoms with Gasteiger partial charge in [-0.05, 0) is 45.4 Å². The van der Waals surface area contributed by atoms with Gasteiger partial charge in [0.1, 0.15) is 0 Å². The van der Waals surface area contributed by atoms with Crippen molar-refractivity contribution >= 4 is 0 Å². The number of ether oxygens (including phenoxy) is 1. The molecule has 3 heteroatoms. The number of hydrogen-bond acceptors (Lipinski definition) is 3. The Bertz CT molecular complexity index is 154. The molecule has 1 heterocycles. The van der Waals surface area contributed by atoms with E-state index in [0.717, 1.165) is 32.2 Å². The van der Waals surface area contributed by atoms with Crippen molar-refractivity contribution in [2.45, 2.75) is 32.7 Å². The Hall–Kier alpha value is -0.120. The van der Waals surface area contributed by atoms with Crippen molar-refractivity contribution in [2.75, 3.05) is 39.9 Å². The van der Waals surface area contributed by atoms with Crippen molar-refractivity contribution in [1.29, 1.82) is 0 Å². The van der Waals surface area contributed by atoms with Crippen LogP contribution in [0, 0.1) is 5.92 Å². The van der Waals surface area contributed by atoms with Gasteiger partial charge in [0.05, 0.1) is 6.61 Å². The largest absolute Gasteiger partial charge is 0.381 e. The lowest BCUT2D eigenvalue weighted by molar-refractivity contribution is 0.172. The average molecular weight is 214 g/mol. The summed E-state index contributed by atoms with van der Waals surface area (Å²) in [4.78, 5) is 2.49. The smallest absolute Gasteiger partial charge is 0.0510 e. The van der Waals surface area contributed by atoms with Gasteiger partial charge in [0, 0.05) is 12.6 Å². The van der Waals surface area contributed by atoms with Crippen molar-refractivity contribution in [3.8, 4) is 0 Å². The van der Waals surface area contributed by atoms with Crippen molar-refractivity contribution in [3.05, 3.63) is 0 Å². The summed E-state index contributed by atoms with van der Waals surface area (Å²) in [5, 5.41) is 3.44. The van der Waals surface area contributed by atoms with E-state index in [9.17, 15) is 0 Å². The third-order valence-corrected chi connectivity index (χ3v) is 3.56. The minimum absolute atomic E-state index is 0.632. The summed E-state index contributed by atoms with van der Waals surface area (Å²) in [6.45, 7) is 9.89. The molecule has 0 radical (unpaired) electrons. The Kier molecular flexibility index (Phi) is 6.22. The third-order valence-electron chi connectivity index (χ3n) is 3.56. The Morgan fingerprint density at radius 2 is 2.13 bits per heavy atom. The normalized spacial score (nSPS) is 23.6. The second kappa shape index (κ2) is 7.20. The highest BCUT2D eigenvalue weighted by Crippen LogP contribution is 2.18. The van der Waals surface area contributed by atoms with Crippen LogP contribution in [-0.2, 0) is 4.74 Å². The van der Waals surface area contributed by atoms with Gasteiger partial charge in [-0.25, -0.2) is 0 Å². The van der Waals surface area contributed by atoms with Crippen LogP contribution in [0.25, 0.3) is 0 Å². The summed E-state index contributed by atoms with van der Waals surface area (Å²) in [7, 11) is 2.07. The van der Waals surface area contributed by atoms with E-state index in [1.165, 1.54) is 19.4 Å². The van der Waals surface area contributed by atoms with E-state index in [1.807, 2.05) is 0 Å². The lowest BCUT2D eigenvalue weighted by atomic mass is 9.96. The second-order valence-electron chi connectivity index (χ2n) is 4.33. The maximum atomic E-state index is 5.45. The number of nitrogens with zero attached hydrogens (tertiary/aromatic N) is 1. The van der Waals surface area contributed by atoms with E-state index >= 15 is 0 Å². The molecule has 2 unspecified atom stereocenters. The Labute approximate surface area is 94.2 Å². The van der Waals surface area contributed by atoms with Gasteiger partial charge in [-0.1, -0.05) is 13.8 Å². The lowest BCUT2D eigenvalue weighted by Gasteiger charge is -2.25. The fourth-order valence-electron chi connectivity index (χ4n) is 2.35. The fourth-order valence-corrected chi connectivity index (χ4v) is 2.35. The van der Waals surface area contributed by atoms with Gasteiger partial charge < -0.3 is 15.0 Å². The molecule has 15 heavy (non-hydrogen) atoms. The number of nitrogens with one attached hydrogen (secondary N) is 1. The van der Waals surface area contributed by atoms with Crippen LogP contribution in [0.5, 0.6) is 0 Å². The maximum Gasteiger partial charge on any atom is 0.0510 e. The zero-order valence-corrected chi connectivity index (χ0v) is 10.5. The van der Waals surface area contributed by atoms with E-state index in [-0.39, 0.29) is 0 Å². The minimum Gasteiger partial charge on any atom is -0.381 e. The Morgan fingerprint density at radius 1 is 1.40 bits per heavy atom. The van der Waals surface area contributed by atoms with Crippen molar-refractivity contribution in [2.24, 2.45) is 5.92 Å². The summed E-state index contributed by atoms with van der Waals surface area (Å²) in [5.74, 6) is 0.727. The van der Waals surface area contributed by atoms with Crippen LogP contribution in [0.4, 0.5) is 0 Å². The predicted octanol–water partition coefficient (Wildman–Crippen LogP) is 1.34. The van der Waals surface area contributed by atoms with Crippen LogP contribution in [0.15, 0.2) is 0 Å². The molecule has 0 spiro atoms. The summed E-state index contributed by atoms with van der Waals surface area (Å²) in [6.07, 6.45) is 2.47. The first kappa shape index (κ1) is 12.9. The van der Waals surface area contributed by atoms with Gasteiger partial charge in [0.2, 0.25) is 0 Å². The summed E-state index contributed by atoms with van der Waals surface area (Å²) in [6, 6.07) is 0.632. The Morgan fingerprint density at radius 3 is 2.60 bits per heavy atom. The van der Waals surface area contributed by atoms with Gasteiger partial charge in [-0.3, -0.25) is 0 Å². The van der Waals surface area contributed by atoms with E-state index in [4.69, 9.17) is 4.74 Å². The molecule has 2 atom stereocenters. The van der Waals surface area contributed by atoms with Crippen LogP contribution in [0.3, 0.4) is 0 Å². The molecule has 1 aliphatic rings. The monoisotopic (exact) mass is 214 g/mol. The standard InChI is InChI=1S/C12H26N2O/c1-4-14(5-2)8-6-12(13-3)11-7-9-15-10-11/h11-13H,4-10H2,1-3H3. The van der Waals surface area contributed by atoms with Gasteiger partial charge >= 0.3 is 0 Å². The molecule has 0 aromatic heterocycles. The fraction of sp³-hybridized carbons (Fsp3) is 1.00. The highest BCUT2D eigenvalue weighted by Gasteiger charge is 2.24. The molecule has 3 nitrogen and oxygen atoms in total. The maximum absolute atomic E-state index is 5.45. The molecule has 0 amide bonds. The first-order valence-electron chi connectivity index (χ1n) is 6.29. The molecule has 1 saturated heterocycles. The minimum atomic E-state index is 0.632. The molecule has 1 rings (SSSR count). The van der Waals surface area contributed by atoms with Crippen LogP contribution in [0.2, 0.25) is 0 Å². The van der Waals surface area contributed by atoms with Gasteiger partial charge in [-0.2, -0.15) is 0 Å². The first-order valence-corrected chi connectivity index (χ1v) is 6.29. The molecule has 90 valence electrons. The Balaban J connectivity index is 2.26. The third kappa shape index (κ3) is 4.09. The molecular formula is C12H26N2O. The summed E-state index contributed by atoms with van der Waals surface area (Å²) in [5.41, 5.74) is 0. The molecule has 0 saturated carbocycles. The van der Waals surface area contributed by atoms with Crippen molar-refractivity contribution < 1.29 is 4.74 Å². The van der Waals surface area contributed by atoms with Crippen LogP contribution >= 0.6 is 0 Å². The SMILES string of the molecule is CCN(CC)CCC(NC)C1CCOC1. The zero-order chi connectivity index (χ0) is 11.1. The van der Waals surface area contributed by atoms with Gasteiger partial charge in [0.25, 0.3) is 0 Å². The summed E-state index contributed by atoms with van der Waals surface area (Å²) >= 11 is 0. The molecular weight excluding hydrogens is 188 g/mol. The highest BCUT2D eigenvalue weighted by molar-refractivity contribution is 4.79. The number of rotatable bonds is 7. The molecule has 1 N–H and O–H groups in total. The van der Waals surface area contributed by atoms with E-state index in [0.29, 0.717) is 6.04 Å². The topological polar surface area (TPSA) is 24.5 Å². The highest BCUT2D eigenvalue weighted by atomic mass is 16.5. The zero-order valence-electron chi connectivity index (χ0n) is 10.5. The van der Waals surface area contributed by atoms with Crippen molar-refractivity contribution in [1.82, 2.24) is 10.2 Å². The summed E-state index contributed by atoms with van der Waals surface area (Å²) < 4.78 is 5.45. The lowest BCUT2D eigenvalue weighted by Crippen LogP contribution is -2.38. The molecule has 1 fully saturated rings. The van der Waals surface area contributed by atoms with E-state index < -0.39 is 0 Å². The van der Waals surface area contributed by atoms with Crippen LogP contribution < -0.4 is 5.32 Å². The van der Waals surface area contributed by atoms with Gasteiger partial charge in [0.15, 0.2) is 0 Å². The molecule has 0 bridgehead atoms. The molecule has 0 aromatic carbocycles. The van der Waals surface area contributed by atoms with E-state index in [1.54, 1.807) is 0 Å². The average Bonchev–Trinajstić information content (AvgIpc) is 2.78. The quantitative estimate of drug-likeness (QED) is 0.692. The van der Waals surface area contributed by atoms with Gasteiger partial charge in [-0.15, -0.1) is 0 Å². The molecule has 0 aliphatic carbocycles. The van der Waals surface area contributed by atoms with Crippen LogP contribution in [0.1, 0.15) is 26.7 Å². The van der Waals surface area contributed by atoms with E-state index in [2.05, 4.69) is 31.1 Å².